The van der Waals surface area contributed by atoms with Crippen molar-refractivity contribution in [3.05, 3.63) is 10.7 Å². The van der Waals surface area contributed by atoms with Gasteiger partial charge in [-0.1, -0.05) is 11.3 Å². The Morgan fingerprint density at radius 2 is 2.05 bits per heavy atom. The second kappa shape index (κ2) is 6.75. The molecule has 0 aromatic carbocycles. The highest BCUT2D eigenvalue weighted by molar-refractivity contribution is 7.16. The molecule has 1 unspecified atom stereocenters. The van der Waals surface area contributed by atoms with Gasteiger partial charge in [-0.25, -0.2) is 14.6 Å². The lowest BCUT2D eigenvalue weighted by Gasteiger charge is -2.21. The molecule has 0 aliphatic carbocycles. The number of hydrogen-bond acceptors (Lipinski definition) is 7. The molecule has 8 heteroatoms. The minimum Gasteiger partial charge on any atom is -0.461 e. The molecule has 0 fully saturated rings. The maximum absolute atomic E-state index is 11.7. The number of thiazole rings is 1. The molecule has 21 heavy (non-hydrogen) atoms. The quantitative estimate of drug-likeness (QED) is 0.827. The SMILES string of the molecule is CCOC(=O)c1nc(C(C)NC(=O)OC(C)(C)C)sc1N. The topological polar surface area (TPSA) is 104 Å². The average Bonchev–Trinajstić information content (AvgIpc) is 2.69. The predicted molar refractivity (Wildman–Crippen MR) is 80.3 cm³/mol. The Morgan fingerprint density at radius 3 is 2.57 bits per heavy atom. The van der Waals surface area contributed by atoms with Crippen LogP contribution in [-0.2, 0) is 9.47 Å². The molecule has 0 bridgehead atoms. The maximum atomic E-state index is 11.7. The average molecular weight is 315 g/mol. The molecule has 7 nitrogen and oxygen atoms in total. The molecule has 0 saturated heterocycles. The fourth-order valence-corrected chi connectivity index (χ4v) is 2.25. The van der Waals surface area contributed by atoms with Gasteiger partial charge in [0.15, 0.2) is 5.69 Å². The summed E-state index contributed by atoms with van der Waals surface area (Å²) in [4.78, 5) is 27.5. The Kier molecular flexibility index (Phi) is 5.54. The van der Waals surface area contributed by atoms with E-state index in [1.807, 2.05) is 0 Å². The van der Waals surface area contributed by atoms with Crippen LogP contribution in [0, 0.1) is 0 Å². The number of nitrogens with two attached hydrogens (primary N) is 1. The molecule has 0 radical (unpaired) electrons. The van der Waals surface area contributed by atoms with Gasteiger partial charge in [-0.05, 0) is 34.6 Å². The van der Waals surface area contributed by atoms with Gasteiger partial charge in [-0.3, -0.25) is 0 Å². The number of nitrogens with zero attached hydrogens (tertiary/aromatic N) is 1. The number of anilines is 1. The summed E-state index contributed by atoms with van der Waals surface area (Å²) in [7, 11) is 0. The van der Waals surface area contributed by atoms with Crippen molar-refractivity contribution in [1.29, 1.82) is 0 Å². The fourth-order valence-electron chi connectivity index (χ4n) is 1.43. The van der Waals surface area contributed by atoms with Crippen molar-refractivity contribution in [3.63, 3.8) is 0 Å². The first-order chi connectivity index (χ1) is 9.64. The van der Waals surface area contributed by atoms with Crippen LogP contribution in [0.15, 0.2) is 0 Å². The maximum Gasteiger partial charge on any atom is 0.408 e. The number of nitrogens with one attached hydrogen (secondary N) is 1. The minimum atomic E-state index is -0.582. The fraction of sp³-hybridized carbons (Fsp3) is 0.615. The summed E-state index contributed by atoms with van der Waals surface area (Å²) < 4.78 is 10.0. The molecule has 1 aromatic rings. The highest BCUT2D eigenvalue weighted by Crippen LogP contribution is 2.26. The van der Waals surface area contributed by atoms with E-state index in [0.29, 0.717) is 5.01 Å². The smallest absolute Gasteiger partial charge is 0.408 e. The number of ether oxygens (including phenoxy) is 2. The minimum absolute atomic E-state index is 0.0784. The highest BCUT2D eigenvalue weighted by Gasteiger charge is 2.23. The van der Waals surface area contributed by atoms with Gasteiger partial charge in [-0.15, -0.1) is 0 Å². The van der Waals surface area contributed by atoms with E-state index >= 15 is 0 Å². The normalized spacial score (nSPS) is 12.6. The van der Waals surface area contributed by atoms with Crippen molar-refractivity contribution in [1.82, 2.24) is 10.3 Å². The third-order valence-corrected chi connectivity index (χ3v) is 3.31. The summed E-state index contributed by atoms with van der Waals surface area (Å²) in [6, 6.07) is -0.421. The van der Waals surface area contributed by atoms with Crippen molar-refractivity contribution < 1.29 is 19.1 Å². The van der Waals surface area contributed by atoms with E-state index in [-0.39, 0.29) is 17.3 Å². The van der Waals surface area contributed by atoms with Gasteiger partial charge in [0.05, 0.1) is 12.6 Å². The van der Waals surface area contributed by atoms with Gasteiger partial charge in [0.25, 0.3) is 0 Å². The third kappa shape index (κ3) is 5.22. The first-order valence-electron chi connectivity index (χ1n) is 6.57. The van der Waals surface area contributed by atoms with E-state index in [4.69, 9.17) is 15.2 Å². The monoisotopic (exact) mass is 315 g/mol. The van der Waals surface area contributed by atoms with Crippen molar-refractivity contribution in [2.75, 3.05) is 12.3 Å². The van der Waals surface area contributed by atoms with Crippen LogP contribution in [0.25, 0.3) is 0 Å². The Morgan fingerprint density at radius 1 is 1.43 bits per heavy atom. The number of carbonyl (C=O) groups excluding carboxylic acids is 2. The van der Waals surface area contributed by atoms with E-state index in [1.165, 1.54) is 0 Å². The Balaban J connectivity index is 2.75. The summed E-state index contributed by atoms with van der Waals surface area (Å²) in [5.41, 5.74) is 5.25. The second-order valence-corrected chi connectivity index (χ2v) is 6.42. The molecule has 1 amide bonds. The molecule has 0 aliphatic rings. The summed E-state index contributed by atoms with van der Waals surface area (Å²) in [6.45, 7) is 9.01. The van der Waals surface area contributed by atoms with Gasteiger partial charge in [0.1, 0.15) is 15.6 Å². The number of rotatable bonds is 4. The Hall–Kier alpha value is -1.83. The van der Waals surface area contributed by atoms with E-state index in [9.17, 15) is 9.59 Å². The van der Waals surface area contributed by atoms with Crippen LogP contribution < -0.4 is 11.1 Å². The van der Waals surface area contributed by atoms with Crippen LogP contribution in [-0.4, -0.2) is 29.3 Å². The van der Waals surface area contributed by atoms with Crippen LogP contribution >= 0.6 is 11.3 Å². The second-order valence-electron chi connectivity index (χ2n) is 5.35. The van der Waals surface area contributed by atoms with Crippen molar-refractivity contribution in [2.24, 2.45) is 0 Å². The van der Waals surface area contributed by atoms with E-state index in [1.54, 1.807) is 34.6 Å². The van der Waals surface area contributed by atoms with Gasteiger partial charge in [0, 0.05) is 0 Å². The largest absolute Gasteiger partial charge is 0.461 e. The summed E-state index contributed by atoms with van der Waals surface area (Å²) >= 11 is 1.13. The number of esters is 1. The van der Waals surface area contributed by atoms with Crippen molar-refractivity contribution >= 4 is 28.4 Å². The van der Waals surface area contributed by atoms with E-state index in [0.717, 1.165) is 11.3 Å². The van der Waals surface area contributed by atoms with Gasteiger partial charge >= 0.3 is 12.1 Å². The molecule has 1 aromatic heterocycles. The Labute approximate surface area is 127 Å². The summed E-state index contributed by atoms with van der Waals surface area (Å²) in [5, 5.41) is 3.42. The summed E-state index contributed by atoms with van der Waals surface area (Å²) in [5.74, 6) is -0.568. The van der Waals surface area contributed by atoms with Gasteiger partial charge in [0.2, 0.25) is 0 Å². The molecular weight excluding hydrogens is 294 g/mol. The number of nitrogen functional groups attached to an aromatic ring is 1. The predicted octanol–water partition coefficient (Wildman–Crippen LogP) is 2.49. The van der Waals surface area contributed by atoms with Crippen molar-refractivity contribution in [2.45, 2.75) is 46.3 Å². The zero-order chi connectivity index (χ0) is 16.2. The van der Waals surface area contributed by atoms with Gasteiger partial charge < -0.3 is 20.5 Å². The molecule has 0 saturated carbocycles. The number of hydrogen-bond donors (Lipinski definition) is 2. The van der Waals surface area contributed by atoms with Crippen molar-refractivity contribution in [3.8, 4) is 0 Å². The third-order valence-electron chi connectivity index (χ3n) is 2.24. The zero-order valence-electron chi connectivity index (χ0n) is 12.9. The van der Waals surface area contributed by atoms with Crippen LogP contribution in [0.4, 0.5) is 9.80 Å². The highest BCUT2D eigenvalue weighted by atomic mass is 32.1. The van der Waals surface area contributed by atoms with E-state index < -0.39 is 23.7 Å². The molecule has 1 atom stereocenters. The first-order valence-corrected chi connectivity index (χ1v) is 7.38. The number of amides is 1. The Bertz CT molecular complexity index is 522. The lowest BCUT2D eigenvalue weighted by atomic mass is 10.2. The zero-order valence-corrected chi connectivity index (χ0v) is 13.7. The van der Waals surface area contributed by atoms with E-state index in [2.05, 4.69) is 10.3 Å². The van der Waals surface area contributed by atoms with Crippen LogP contribution in [0.3, 0.4) is 0 Å². The van der Waals surface area contributed by atoms with Crippen LogP contribution in [0.2, 0.25) is 0 Å². The number of alkyl carbamates (subject to hydrolysis) is 1. The molecule has 1 rings (SSSR count). The summed E-state index contributed by atoms with van der Waals surface area (Å²) in [6.07, 6.45) is -0.554. The molecular formula is C13H21N3O4S. The lowest BCUT2D eigenvalue weighted by molar-refractivity contribution is 0.0506. The molecule has 1 heterocycles. The standard InChI is InChI=1S/C13H21N3O4S/c1-6-19-11(17)8-9(14)21-10(16-8)7(2)15-12(18)20-13(3,4)5/h7H,6,14H2,1-5H3,(H,15,18). The van der Waals surface area contributed by atoms with Gasteiger partial charge in [-0.2, -0.15) is 0 Å². The lowest BCUT2D eigenvalue weighted by Crippen LogP contribution is -2.34. The first kappa shape index (κ1) is 17.2. The molecule has 0 spiro atoms. The van der Waals surface area contributed by atoms with Crippen LogP contribution in [0.1, 0.15) is 56.2 Å². The molecule has 0 aliphatic heterocycles. The molecule has 3 N–H and O–H groups in total. The number of aromatic nitrogens is 1. The molecule has 118 valence electrons. The number of carbonyl (C=O) groups is 2. The van der Waals surface area contributed by atoms with Crippen LogP contribution in [0.5, 0.6) is 0 Å².